The fraction of sp³-hybridized carbons (Fsp3) is 0.565. The molecule has 3 heteroatoms. The number of Topliss-reactive ketones (excluding diaryl/α,β-unsaturated/α-hetero) is 1. The molecule has 2 bridgehead atoms. The number of carbonyl (C=O) groups excluding carboxylic acids is 2. The Balaban J connectivity index is 1.91. The maximum absolute atomic E-state index is 13.5. The fourth-order valence-electron chi connectivity index (χ4n) is 5.61. The van der Waals surface area contributed by atoms with Crippen LogP contribution in [0.15, 0.2) is 41.6 Å². The number of fused-ring (bicyclic) bond motifs is 4. The van der Waals surface area contributed by atoms with Gasteiger partial charge in [0.1, 0.15) is 5.92 Å². The zero-order chi connectivity index (χ0) is 18.7. The third-order valence-corrected chi connectivity index (χ3v) is 7.54. The molecule has 1 amide bonds. The Kier molecular flexibility index (Phi) is 3.91. The first-order chi connectivity index (χ1) is 12.3. The lowest BCUT2D eigenvalue weighted by atomic mass is 9.69. The summed E-state index contributed by atoms with van der Waals surface area (Å²) in [5, 5.41) is 0. The summed E-state index contributed by atoms with van der Waals surface area (Å²) < 4.78 is 0. The van der Waals surface area contributed by atoms with E-state index in [4.69, 9.17) is 0 Å². The molecular formula is C23H29NO2. The molecule has 4 rings (SSSR count). The predicted octanol–water partition coefficient (Wildman–Crippen LogP) is 5.12. The summed E-state index contributed by atoms with van der Waals surface area (Å²) in [5.74, 6) is -0.129. The normalized spacial score (nSPS) is 32.4. The van der Waals surface area contributed by atoms with Gasteiger partial charge in [-0.1, -0.05) is 58.7 Å². The van der Waals surface area contributed by atoms with Gasteiger partial charge in [0.2, 0.25) is 5.91 Å². The summed E-state index contributed by atoms with van der Waals surface area (Å²) in [6.45, 7) is 8.94. The van der Waals surface area contributed by atoms with Gasteiger partial charge in [-0.05, 0) is 42.7 Å². The van der Waals surface area contributed by atoms with E-state index in [-0.39, 0.29) is 28.4 Å². The summed E-state index contributed by atoms with van der Waals surface area (Å²) >= 11 is 0. The van der Waals surface area contributed by atoms with Gasteiger partial charge in [0.25, 0.3) is 0 Å². The van der Waals surface area contributed by atoms with Crippen LogP contribution in [0.25, 0.3) is 0 Å². The van der Waals surface area contributed by atoms with Crippen LogP contribution in [-0.2, 0) is 9.59 Å². The van der Waals surface area contributed by atoms with E-state index in [0.717, 1.165) is 42.6 Å². The van der Waals surface area contributed by atoms with Crippen molar-refractivity contribution in [3.8, 4) is 0 Å². The molecular weight excluding hydrogens is 322 g/mol. The Labute approximate surface area is 156 Å². The lowest BCUT2D eigenvalue weighted by Gasteiger charge is -2.43. The number of amides is 1. The monoisotopic (exact) mass is 351 g/mol. The van der Waals surface area contributed by atoms with Crippen LogP contribution >= 0.6 is 0 Å². The van der Waals surface area contributed by atoms with Gasteiger partial charge in [-0.25, -0.2) is 0 Å². The maximum atomic E-state index is 13.5. The van der Waals surface area contributed by atoms with Crippen molar-refractivity contribution in [3.63, 3.8) is 0 Å². The van der Waals surface area contributed by atoms with Crippen LogP contribution in [0.3, 0.4) is 0 Å². The third-order valence-electron chi connectivity index (χ3n) is 7.54. The minimum atomic E-state index is -0.507. The van der Waals surface area contributed by atoms with E-state index in [1.807, 2.05) is 35.2 Å². The molecule has 0 aromatic heterocycles. The highest BCUT2D eigenvalue weighted by Crippen LogP contribution is 2.69. The second-order valence-corrected chi connectivity index (χ2v) is 8.98. The quantitative estimate of drug-likeness (QED) is 0.706. The Morgan fingerprint density at radius 2 is 1.81 bits per heavy atom. The smallest absolute Gasteiger partial charge is 0.242 e. The number of hydrogen-bond donors (Lipinski definition) is 0. The second-order valence-electron chi connectivity index (χ2n) is 8.98. The van der Waals surface area contributed by atoms with E-state index in [2.05, 4.69) is 27.7 Å². The van der Waals surface area contributed by atoms with Crippen molar-refractivity contribution in [2.45, 2.75) is 59.8 Å². The van der Waals surface area contributed by atoms with Gasteiger partial charge in [0, 0.05) is 22.4 Å². The van der Waals surface area contributed by atoms with Crippen molar-refractivity contribution >= 4 is 17.4 Å². The van der Waals surface area contributed by atoms with Crippen molar-refractivity contribution in [1.82, 2.24) is 0 Å². The number of unbranched alkanes of at least 4 members (excludes halogenated alkanes) is 1. The van der Waals surface area contributed by atoms with Crippen molar-refractivity contribution in [1.29, 1.82) is 0 Å². The van der Waals surface area contributed by atoms with Crippen molar-refractivity contribution in [2.24, 2.45) is 22.7 Å². The lowest BCUT2D eigenvalue weighted by molar-refractivity contribution is -0.132. The van der Waals surface area contributed by atoms with E-state index < -0.39 is 5.92 Å². The molecule has 3 unspecified atom stereocenters. The minimum Gasteiger partial charge on any atom is -0.294 e. The van der Waals surface area contributed by atoms with Gasteiger partial charge in [-0.3, -0.25) is 14.5 Å². The van der Waals surface area contributed by atoms with E-state index in [1.54, 1.807) is 0 Å². The highest BCUT2D eigenvalue weighted by Gasteiger charge is 2.66. The molecule has 3 aliphatic rings. The molecule has 3 nitrogen and oxygen atoms in total. The van der Waals surface area contributed by atoms with Crippen LogP contribution in [0.5, 0.6) is 0 Å². The van der Waals surface area contributed by atoms with E-state index >= 15 is 0 Å². The molecule has 138 valence electrons. The van der Waals surface area contributed by atoms with Crippen molar-refractivity contribution in [3.05, 3.63) is 41.6 Å². The Morgan fingerprint density at radius 1 is 1.12 bits per heavy atom. The van der Waals surface area contributed by atoms with Crippen LogP contribution in [0.2, 0.25) is 0 Å². The van der Waals surface area contributed by atoms with Crippen molar-refractivity contribution in [2.75, 3.05) is 4.90 Å². The van der Waals surface area contributed by atoms with Gasteiger partial charge < -0.3 is 0 Å². The SMILES string of the molecule is CCCCC1C(=O)C2=C(N(c3ccccc3)C1=O)C1(C)CCC2C1(C)C. The Morgan fingerprint density at radius 3 is 2.46 bits per heavy atom. The molecule has 1 heterocycles. The van der Waals surface area contributed by atoms with Crippen LogP contribution in [0.1, 0.15) is 59.8 Å². The zero-order valence-corrected chi connectivity index (χ0v) is 16.3. The Hall–Kier alpha value is -1.90. The number of anilines is 1. The first kappa shape index (κ1) is 17.5. The number of rotatable bonds is 4. The Bertz CT molecular complexity index is 792. The number of carbonyl (C=O) groups is 2. The summed E-state index contributed by atoms with van der Waals surface area (Å²) in [6, 6.07) is 9.91. The molecule has 1 aromatic rings. The number of allylic oxidation sites excluding steroid dienone is 2. The number of benzene rings is 1. The summed E-state index contributed by atoms with van der Waals surface area (Å²) in [6.07, 6.45) is 4.69. The number of hydrogen-bond acceptors (Lipinski definition) is 2. The molecule has 0 radical (unpaired) electrons. The minimum absolute atomic E-state index is 0.0142. The molecule has 26 heavy (non-hydrogen) atoms. The van der Waals surface area contributed by atoms with E-state index in [0.29, 0.717) is 6.42 Å². The molecule has 1 aromatic carbocycles. The molecule has 1 aliphatic heterocycles. The molecule has 1 saturated carbocycles. The highest BCUT2D eigenvalue weighted by atomic mass is 16.2. The highest BCUT2D eigenvalue weighted by molar-refractivity contribution is 6.20. The number of nitrogens with zero attached hydrogens (tertiary/aromatic N) is 1. The number of para-hydroxylation sites is 1. The largest absolute Gasteiger partial charge is 0.294 e. The van der Waals surface area contributed by atoms with Crippen molar-refractivity contribution < 1.29 is 9.59 Å². The molecule has 1 fully saturated rings. The predicted molar refractivity (Wildman–Crippen MR) is 104 cm³/mol. The lowest BCUT2D eigenvalue weighted by Crippen LogP contribution is -2.48. The standard InChI is InChI=1S/C23H29NO2/c1-5-6-12-16-19(25)18-17-13-14-23(4,22(17,2)3)20(18)24(21(16)26)15-10-8-7-9-11-15/h7-11,16-17H,5-6,12-14H2,1-4H3. The molecule has 0 saturated heterocycles. The van der Waals surface area contributed by atoms with Crippen LogP contribution < -0.4 is 4.90 Å². The summed E-state index contributed by atoms with van der Waals surface area (Å²) in [4.78, 5) is 28.8. The maximum Gasteiger partial charge on any atom is 0.242 e. The summed E-state index contributed by atoms with van der Waals surface area (Å²) in [7, 11) is 0. The van der Waals surface area contributed by atoms with Gasteiger partial charge in [-0.15, -0.1) is 0 Å². The van der Waals surface area contributed by atoms with Gasteiger partial charge >= 0.3 is 0 Å². The van der Waals surface area contributed by atoms with Crippen LogP contribution in [0, 0.1) is 22.7 Å². The molecule has 0 N–H and O–H groups in total. The topological polar surface area (TPSA) is 37.4 Å². The molecule has 2 aliphatic carbocycles. The molecule has 3 atom stereocenters. The third kappa shape index (κ3) is 2.06. The second kappa shape index (κ2) is 5.80. The average Bonchev–Trinajstić information content (AvgIpc) is 2.95. The van der Waals surface area contributed by atoms with Crippen LogP contribution in [-0.4, -0.2) is 11.7 Å². The van der Waals surface area contributed by atoms with Gasteiger partial charge in [0.15, 0.2) is 5.78 Å². The van der Waals surface area contributed by atoms with Crippen LogP contribution in [0.4, 0.5) is 5.69 Å². The number of ketones is 1. The van der Waals surface area contributed by atoms with Gasteiger partial charge in [-0.2, -0.15) is 0 Å². The molecule has 0 spiro atoms. The average molecular weight is 351 g/mol. The summed E-state index contributed by atoms with van der Waals surface area (Å²) in [5.41, 5.74) is 2.77. The zero-order valence-electron chi connectivity index (χ0n) is 16.3. The van der Waals surface area contributed by atoms with E-state index in [9.17, 15) is 9.59 Å². The fourth-order valence-corrected chi connectivity index (χ4v) is 5.61. The van der Waals surface area contributed by atoms with Gasteiger partial charge in [0.05, 0.1) is 0 Å². The first-order valence-electron chi connectivity index (χ1n) is 10.0. The van der Waals surface area contributed by atoms with E-state index in [1.165, 1.54) is 0 Å². The first-order valence-corrected chi connectivity index (χ1v) is 10.0.